The van der Waals surface area contributed by atoms with Gasteiger partial charge in [-0.05, 0) is 48.4 Å². The Bertz CT molecular complexity index is 792. The van der Waals surface area contributed by atoms with Crippen molar-refractivity contribution in [2.45, 2.75) is 57.5 Å². The number of fused-ring (bicyclic) bond motifs is 4. The van der Waals surface area contributed by atoms with Crippen LogP contribution in [-0.4, -0.2) is 17.4 Å². The minimum atomic E-state index is -0.108. The molecule has 2 aliphatic carbocycles. The molecule has 4 nitrogen and oxygen atoms in total. The summed E-state index contributed by atoms with van der Waals surface area (Å²) >= 11 is 0. The highest BCUT2D eigenvalue weighted by Gasteiger charge is 2.54. The lowest BCUT2D eigenvalue weighted by molar-refractivity contribution is 0.112. The number of hydrogen-bond donors (Lipinski definition) is 1. The predicted molar refractivity (Wildman–Crippen MR) is 91.3 cm³/mol. The first-order valence-corrected chi connectivity index (χ1v) is 8.68. The molecule has 0 spiro atoms. The van der Waals surface area contributed by atoms with Crippen LogP contribution >= 0.6 is 0 Å². The molecule has 0 aliphatic heterocycles. The number of methoxy groups -OCH3 is 1. The third kappa shape index (κ3) is 1.92. The zero-order chi connectivity index (χ0) is 17.1. The van der Waals surface area contributed by atoms with E-state index in [-0.39, 0.29) is 17.4 Å². The highest BCUT2D eigenvalue weighted by molar-refractivity contribution is 5.48. The van der Waals surface area contributed by atoms with E-state index in [1.807, 2.05) is 0 Å². The summed E-state index contributed by atoms with van der Waals surface area (Å²) in [5, 5.41) is 13.8. The average Bonchev–Trinajstić information content (AvgIpc) is 2.97. The van der Waals surface area contributed by atoms with E-state index in [9.17, 15) is 5.11 Å². The number of aliphatic hydroxyl groups excluding tert-OH is 1. The summed E-state index contributed by atoms with van der Waals surface area (Å²) in [6.45, 7) is 6.80. The molecule has 0 radical (unpaired) electrons. The Morgan fingerprint density at radius 2 is 2.12 bits per heavy atom. The van der Waals surface area contributed by atoms with E-state index in [1.54, 1.807) is 7.11 Å². The maximum absolute atomic E-state index is 9.67. The molecule has 4 heteroatoms. The molecule has 2 atom stereocenters. The molecule has 0 saturated heterocycles. The Morgan fingerprint density at radius 1 is 1.33 bits per heavy atom. The SMILES string of the molecule is COc1ccc2c(c1)[C@@]1(C)Cc3c(CO)noc3C(C)(C)[C@@H]1CC2. The van der Waals surface area contributed by atoms with Crippen LogP contribution in [0.2, 0.25) is 0 Å². The van der Waals surface area contributed by atoms with Crippen LogP contribution in [0.1, 0.15) is 55.3 Å². The lowest BCUT2D eigenvalue weighted by Crippen LogP contribution is -2.51. The first-order valence-electron chi connectivity index (χ1n) is 8.68. The van der Waals surface area contributed by atoms with Crippen molar-refractivity contribution in [3.63, 3.8) is 0 Å². The largest absolute Gasteiger partial charge is 0.497 e. The van der Waals surface area contributed by atoms with E-state index in [1.165, 1.54) is 11.1 Å². The van der Waals surface area contributed by atoms with Crippen molar-refractivity contribution >= 4 is 0 Å². The number of hydrogen-bond acceptors (Lipinski definition) is 4. The Morgan fingerprint density at radius 3 is 2.83 bits per heavy atom. The quantitative estimate of drug-likeness (QED) is 0.917. The van der Waals surface area contributed by atoms with E-state index in [4.69, 9.17) is 9.26 Å². The van der Waals surface area contributed by atoms with Crippen LogP contribution in [0.3, 0.4) is 0 Å². The van der Waals surface area contributed by atoms with E-state index in [0.717, 1.165) is 36.3 Å². The summed E-state index contributed by atoms with van der Waals surface area (Å²) in [6.07, 6.45) is 3.08. The van der Waals surface area contributed by atoms with Gasteiger partial charge in [-0.3, -0.25) is 0 Å². The highest BCUT2D eigenvalue weighted by Crippen LogP contribution is 2.57. The molecule has 4 rings (SSSR count). The van der Waals surface area contributed by atoms with Crippen LogP contribution in [-0.2, 0) is 30.3 Å². The summed E-state index contributed by atoms with van der Waals surface area (Å²) in [5.74, 6) is 2.34. The van der Waals surface area contributed by atoms with Crippen molar-refractivity contribution in [3.05, 3.63) is 46.3 Å². The summed E-state index contributed by atoms with van der Waals surface area (Å²) in [7, 11) is 1.72. The zero-order valence-corrected chi connectivity index (χ0v) is 14.8. The maximum atomic E-state index is 9.67. The smallest absolute Gasteiger partial charge is 0.146 e. The van der Waals surface area contributed by atoms with Crippen molar-refractivity contribution in [1.29, 1.82) is 0 Å². The van der Waals surface area contributed by atoms with Gasteiger partial charge in [-0.1, -0.05) is 32.0 Å². The van der Waals surface area contributed by atoms with E-state index in [0.29, 0.717) is 11.6 Å². The van der Waals surface area contributed by atoms with Crippen molar-refractivity contribution in [3.8, 4) is 5.75 Å². The third-order valence-electron chi connectivity index (χ3n) is 6.42. The van der Waals surface area contributed by atoms with E-state index in [2.05, 4.69) is 44.1 Å². The minimum absolute atomic E-state index is 0.00586. The normalized spacial score (nSPS) is 27.1. The highest BCUT2D eigenvalue weighted by atomic mass is 16.5. The number of nitrogens with zero attached hydrogens (tertiary/aromatic N) is 1. The molecule has 128 valence electrons. The summed E-state index contributed by atoms with van der Waals surface area (Å²) in [4.78, 5) is 0. The molecule has 0 unspecified atom stereocenters. The van der Waals surface area contributed by atoms with Gasteiger partial charge in [-0.2, -0.15) is 0 Å². The number of aromatic nitrogens is 1. The lowest BCUT2D eigenvalue weighted by Gasteiger charge is -2.53. The third-order valence-corrected chi connectivity index (χ3v) is 6.42. The van der Waals surface area contributed by atoms with Gasteiger partial charge in [0.25, 0.3) is 0 Å². The van der Waals surface area contributed by atoms with Crippen LogP contribution in [0.15, 0.2) is 22.7 Å². The topological polar surface area (TPSA) is 55.5 Å². The Balaban J connectivity index is 1.93. The Labute approximate surface area is 142 Å². The van der Waals surface area contributed by atoms with Crippen molar-refractivity contribution in [2.24, 2.45) is 5.92 Å². The van der Waals surface area contributed by atoms with Gasteiger partial charge < -0.3 is 14.4 Å². The van der Waals surface area contributed by atoms with Gasteiger partial charge in [0.15, 0.2) is 0 Å². The van der Waals surface area contributed by atoms with Crippen LogP contribution in [0.4, 0.5) is 0 Å². The van der Waals surface area contributed by atoms with Gasteiger partial charge in [0, 0.05) is 16.4 Å². The monoisotopic (exact) mass is 327 g/mol. The van der Waals surface area contributed by atoms with Crippen LogP contribution in [0.5, 0.6) is 5.75 Å². The number of rotatable bonds is 2. The first-order chi connectivity index (χ1) is 11.4. The molecule has 1 heterocycles. The fourth-order valence-electron chi connectivity index (χ4n) is 5.29. The number of aliphatic hydroxyl groups is 1. The van der Waals surface area contributed by atoms with Gasteiger partial charge in [0.1, 0.15) is 17.2 Å². The molecule has 2 aliphatic rings. The van der Waals surface area contributed by atoms with Crippen molar-refractivity contribution in [1.82, 2.24) is 5.16 Å². The molecule has 1 N–H and O–H groups in total. The van der Waals surface area contributed by atoms with Gasteiger partial charge in [0.2, 0.25) is 0 Å². The fraction of sp³-hybridized carbons (Fsp3) is 0.550. The average molecular weight is 327 g/mol. The van der Waals surface area contributed by atoms with Crippen molar-refractivity contribution in [2.75, 3.05) is 7.11 Å². The standard InChI is InChI=1S/C20H25NO3/c1-19(2)17-8-6-12-5-7-13(23-4)9-15(12)20(17,3)10-14-16(11-22)21-24-18(14)19/h5,7,9,17,22H,6,8,10-11H2,1-4H3/t17-,20+/m0/s1. The minimum Gasteiger partial charge on any atom is -0.497 e. The maximum Gasteiger partial charge on any atom is 0.146 e. The molecule has 0 amide bonds. The molecule has 0 bridgehead atoms. The molecule has 1 aromatic heterocycles. The lowest BCUT2D eigenvalue weighted by atomic mass is 9.50. The molecule has 1 aromatic carbocycles. The summed E-state index contributed by atoms with van der Waals surface area (Å²) < 4.78 is 11.2. The van der Waals surface area contributed by atoms with Gasteiger partial charge in [0.05, 0.1) is 13.7 Å². The van der Waals surface area contributed by atoms with Gasteiger partial charge in [-0.25, -0.2) is 0 Å². The number of benzene rings is 1. The Kier molecular flexibility index (Phi) is 3.33. The van der Waals surface area contributed by atoms with E-state index < -0.39 is 0 Å². The first kappa shape index (κ1) is 15.7. The van der Waals surface area contributed by atoms with Crippen molar-refractivity contribution < 1.29 is 14.4 Å². The van der Waals surface area contributed by atoms with E-state index >= 15 is 0 Å². The number of ether oxygens (including phenoxy) is 1. The second-order valence-corrected chi connectivity index (χ2v) is 8.03. The van der Waals surface area contributed by atoms with Gasteiger partial charge in [-0.15, -0.1) is 0 Å². The predicted octanol–water partition coefficient (Wildman–Crippen LogP) is 3.53. The fourth-order valence-corrected chi connectivity index (χ4v) is 5.29. The second-order valence-electron chi connectivity index (χ2n) is 8.03. The molecule has 2 aromatic rings. The Hall–Kier alpha value is -1.81. The van der Waals surface area contributed by atoms with Crippen LogP contribution < -0.4 is 4.74 Å². The molecule has 24 heavy (non-hydrogen) atoms. The molecular formula is C20H25NO3. The number of aryl methyl sites for hydroxylation is 1. The zero-order valence-electron chi connectivity index (χ0n) is 14.8. The van der Waals surface area contributed by atoms with Gasteiger partial charge >= 0.3 is 0 Å². The summed E-state index contributed by atoms with van der Waals surface area (Å²) in [6, 6.07) is 6.47. The molecule has 0 saturated carbocycles. The molecular weight excluding hydrogens is 302 g/mol. The van der Waals surface area contributed by atoms with Crippen LogP contribution in [0, 0.1) is 5.92 Å². The van der Waals surface area contributed by atoms with Crippen LogP contribution in [0.25, 0.3) is 0 Å². The molecule has 0 fully saturated rings. The summed E-state index contributed by atoms with van der Waals surface area (Å²) in [5.41, 5.74) is 4.46. The second kappa shape index (κ2) is 5.09.